The number of hydrogen-bond acceptors (Lipinski definition) is 3. The van der Waals surface area contributed by atoms with Crippen LogP contribution in [0, 0.1) is 0 Å². The van der Waals surface area contributed by atoms with Crippen molar-refractivity contribution < 1.29 is 9.90 Å². The lowest BCUT2D eigenvalue weighted by Gasteiger charge is -2.40. The standard InChI is InChI=1S/C20H22N2O2/c23-14-19(24)22-11-7-20(8-12-22)6-3-17-13-16(1-2-18(17)20)15-4-9-21-10-5-15/h1-2,4-5,9-10,13,23H,3,6-8,11-12,14H2. The van der Waals surface area contributed by atoms with Crippen LogP contribution in [0.25, 0.3) is 11.1 Å². The lowest BCUT2D eigenvalue weighted by atomic mass is 9.73. The number of benzene rings is 1. The second-order valence-corrected chi connectivity index (χ2v) is 6.93. The summed E-state index contributed by atoms with van der Waals surface area (Å²) in [6, 6.07) is 10.9. The lowest BCUT2D eigenvalue weighted by molar-refractivity contribution is -0.135. The molecule has 124 valence electrons. The van der Waals surface area contributed by atoms with E-state index in [0.29, 0.717) is 0 Å². The predicted molar refractivity (Wildman–Crippen MR) is 92.6 cm³/mol. The third kappa shape index (κ3) is 2.51. The Bertz CT molecular complexity index is 749. The van der Waals surface area contributed by atoms with Crippen molar-refractivity contribution in [2.45, 2.75) is 31.1 Å². The Morgan fingerprint density at radius 1 is 1.08 bits per heavy atom. The van der Waals surface area contributed by atoms with Gasteiger partial charge in [-0.2, -0.15) is 0 Å². The van der Waals surface area contributed by atoms with E-state index >= 15 is 0 Å². The molecule has 1 fully saturated rings. The van der Waals surface area contributed by atoms with Crippen molar-refractivity contribution in [3.05, 3.63) is 53.9 Å². The average Bonchev–Trinajstić information content (AvgIpc) is 3.00. The number of carbonyl (C=O) groups excluding carboxylic acids is 1. The van der Waals surface area contributed by atoms with Crippen LogP contribution in [0.3, 0.4) is 0 Å². The number of piperidine rings is 1. The fraction of sp³-hybridized carbons (Fsp3) is 0.400. The topological polar surface area (TPSA) is 53.4 Å². The van der Waals surface area contributed by atoms with Crippen LogP contribution in [0.15, 0.2) is 42.7 Å². The Hall–Kier alpha value is -2.20. The van der Waals surface area contributed by atoms with E-state index in [9.17, 15) is 4.79 Å². The van der Waals surface area contributed by atoms with Crippen LogP contribution < -0.4 is 0 Å². The SMILES string of the molecule is O=C(CO)N1CCC2(CCc3cc(-c4ccncc4)ccc32)CC1. The third-order valence-electron chi connectivity index (χ3n) is 5.77. The van der Waals surface area contributed by atoms with Crippen LogP contribution >= 0.6 is 0 Å². The van der Waals surface area contributed by atoms with Gasteiger partial charge < -0.3 is 10.0 Å². The summed E-state index contributed by atoms with van der Waals surface area (Å²) < 4.78 is 0. The van der Waals surface area contributed by atoms with E-state index in [-0.39, 0.29) is 17.9 Å². The van der Waals surface area contributed by atoms with Crippen molar-refractivity contribution in [2.24, 2.45) is 0 Å². The van der Waals surface area contributed by atoms with E-state index in [0.717, 1.165) is 32.4 Å². The second-order valence-electron chi connectivity index (χ2n) is 6.93. The van der Waals surface area contributed by atoms with Crippen LogP contribution in [-0.4, -0.2) is 40.6 Å². The largest absolute Gasteiger partial charge is 0.387 e. The number of hydrogen-bond donors (Lipinski definition) is 1. The van der Waals surface area contributed by atoms with Crippen molar-refractivity contribution in [1.29, 1.82) is 0 Å². The molecule has 4 heteroatoms. The van der Waals surface area contributed by atoms with E-state index in [1.807, 2.05) is 24.5 Å². The van der Waals surface area contributed by atoms with E-state index in [1.165, 1.54) is 28.7 Å². The molecular formula is C20H22N2O2. The van der Waals surface area contributed by atoms with Gasteiger partial charge in [-0.25, -0.2) is 0 Å². The fourth-order valence-corrected chi connectivity index (χ4v) is 4.35. The number of rotatable bonds is 2. The zero-order valence-electron chi connectivity index (χ0n) is 13.7. The van der Waals surface area contributed by atoms with Crippen LogP contribution in [0.2, 0.25) is 0 Å². The first-order valence-corrected chi connectivity index (χ1v) is 8.64. The highest BCUT2D eigenvalue weighted by atomic mass is 16.3. The second kappa shape index (κ2) is 6.02. The molecule has 1 aromatic carbocycles. The Morgan fingerprint density at radius 2 is 1.83 bits per heavy atom. The van der Waals surface area contributed by atoms with E-state index in [1.54, 1.807) is 4.90 Å². The maximum atomic E-state index is 11.7. The normalized spacial score (nSPS) is 18.6. The van der Waals surface area contributed by atoms with Gasteiger partial charge in [-0.1, -0.05) is 18.2 Å². The first-order chi connectivity index (χ1) is 11.7. The fourth-order valence-electron chi connectivity index (χ4n) is 4.35. The molecule has 2 aromatic rings. The molecule has 1 saturated heterocycles. The highest BCUT2D eigenvalue weighted by Gasteiger charge is 2.41. The number of aryl methyl sites for hydroxylation is 1. The summed E-state index contributed by atoms with van der Waals surface area (Å²) in [4.78, 5) is 17.6. The van der Waals surface area contributed by atoms with Crippen molar-refractivity contribution in [1.82, 2.24) is 9.88 Å². The molecule has 1 N–H and O–H groups in total. The highest BCUT2D eigenvalue weighted by molar-refractivity contribution is 5.77. The van der Waals surface area contributed by atoms with Gasteiger partial charge in [0.25, 0.3) is 0 Å². The number of aliphatic hydroxyl groups excluding tert-OH is 1. The molecule has 0 unspecified atom stereocenters. The van der Waals surface area contributed by atoms with E-state index in [4.69, 9.17) is 5.11 Å². The van der Waals surface area contributed by atoms with Gasteiger partial charge in [0.05, 0.1) is 0 Å². The predicted octanol–water partition coefficient (Wildman–Crippen LogP) is 2.55. The molecule has 2 aliphatic rings. The monoisotopic (exact) mass is 322 g/mol. The van der Waals surface area contributed by atoms with Gasteiger partial charge in [0.15, 0.2) is 0 Å². The maximum absolute atomic E-state index is 11.7. The molecule has 2 heterocycles. The minimum atomic E-state index is -0.376. The van der Waals surface area contributed by atoms with Gasteiger partial charge >= 0.3 is 0 Å². The molecule has 0 bridgehead atoms. The van der Waals surface area contributed by atoms with Crippen LogP contribution in [-0.2, 0) is 16.6 Å². The molecule has 0 atom stereocenters. The molecule has 4 rings (SSSR count). The molecule has 4 nitrogen and oxygen atoms in total. The highest BCUT2D eigenvalue weighted by Crippen LogP contribution is 2.47. The number of aliphatic hydroxyl groups is 1. The van der Waals surface area contributed by atoms with Crippen molar-refractivity contribution in [3.8, 4) is 11.1 Å². The molecule has 0 saturated carbocycles. The van der Waals surface area contributed by atoms with Crippen LogP contribution in [0.4, 0.5) is 0 Å². The molecule has 1 aromatic heterocycles. The van der Waals surface area contributed by atoms with E-state index < -0.39 is 0 Å². The van der Waals surface area contributed by atoms with Crippen molar-refractivity contribution >= 4 is 5.91 Å². The van der Waals surface area contributed by atoms with E-state index in [2.05, 4.69) is 23.2 Å². The van der Waals surface area contributed by atoms with Gasteiger partial charge in [0, 0.05) is 25.5 Å². The van der Waals surface area contributed by atoms with Gasteiger partial charge in [0.1, 0.15) is 6.61 Å². The smallest absolute Gasteiger partial charge is 0.248 e. The van der Waals surface area contributed by atoms with Gasteiger partial charge in [0.2, 0.25) is 5.91 Å². The minimum absolute atomic E-state index is 0.142. The number of nitrogens with zero attached hydrogens (tertiary/aromatic N) is 2. The zero-order valence-corrected chi connectivity index (χ0v) is 13.7. The summed E-state index contributed by atoms with van der Waals surface area (Å²) in [6.45, 7) is 1.13. The maximum Gasteiger partial charge on any atom is 0.248 e. The third-order valence-corrected chi connectivity index (χ3v) is 5.77. The molecular weight excluding hydrogens is 300 g/mol. The Morgan fingerprint density at radius 3 is 2.54 bits per heavy atom. The number of carbonyl (C=O) groups is 1. The average molecular weight is 322 g/mol. The zero-order chi connectivity index (χ0) is 16.6. The summed E-state index contributed by atoms with van der Waals surface area (Å²) >= 11 is 0. The molecule has 1 spiro atoms. The Labute approximate surface area is 142 Å². The van der Waals surface area contributed by atoms with Crippen molar-refractivity contribution in [3.63, 3.8) is 0 Å². The summed E-state index contributed by atoms with van der Waals surface area (Å²) in [6.07, 6.45) is 7.95. The Balaban J connectivity index is 1.58. The Kier molecular flexibility index (Phi) is 3.85. The lowest BCUT2D eigenvalue weighted by Crippen LogP contribution is -2.45. The van der Waals surface area contributed by atoms with Gasteiger partial charge in [-0.3, -0.25) is 9.78 Å². The molecule has 24 heavy (non-hydrogen) atoms. The summed E-state index contributed by atoms with van der Waals surface area (Å²) in [7, 11) is 0. The quantitative estimate of drug-likeness (QED) is 0.924. The van der Waals surface area contributed by atoms with Crippen LogP contribution in [0.1, 0.15) is 30.4 Å². The number of fused-ring (bicyclic) bond motifs is 2. The number of amides is 1. The molecule has 1 aliphatic carbocycles. The summed E-state index contributed by atoms with van der Waals surface area (Å²) in [5.74, 6) is -0.142. The summed E-state index contributed by atoms with van der Waals surface area (Å²) in [5, 5.41) is 9.04. The van der Waals surface area contributed by atoms with Crippen molar-refractivity contribution in [2.75, 3.05) is 19.7 Å². The number of aromatic nitrogens is 1. The van der Waals surface area contributed by atoms with Crippen LogP contribution in [0.5, 0.6) is 0 Å². The summed E-state index contributed by atoms with van der Waals surface area (Å²) in [5.41, 5.74) is 5.60. The molecule has 1 aliphatic heterocycles. The molecule has 0 radical (unpaired) electrons. The first-order valence-electron chi connectivity index (χ1n) is 8.64. The molecule has 1 amide bonds. The van der Waals surface area contributed by atoms with Gasteiger partial charge in [-0.15, -0.1) is 0 Å². The van der Waals surface area contributed by atoms with Gasteiger partial charge in [-0.05, 0) is 65.5 Å². The first kappa shape index (κ1) is 15.3. The minimum Gasteiger partial charge on any atom is -0.387 e. The number of pyridine rings is 1. The number of likely N-dealkylation sites (tertiary alicyclic amines) is 1.